The largest absolute Gasteiger partial charge is 0.384 e. The third-order valence-corrected chi connectivity index (χ3v) is 6.42. The van der Waals surface area contributed by atoms with E-state index < -0.39 is 5.60 Å². The van der Waals surface area contributed by atoms with E-state index in [2.05, 4.69) is 20.5 Å². The van der Waals surface area contributed by atoms with Crippen LogP contribution in [-0.2, 0) is 18.6 Å². The Morgan fingerprint density at radius 3 is 2.89 bits per heavy atom. The molecule has 5 rings (SSSR count). The lowest BCUT2D eigenvalue weighted by Gasteiger charge is -2.32. The summed E-state index contributed by atoms with van der Waals surface area (Å²) in [6, 6.07) is 12.4. The third-order valence-electron chi connectivity index (χ3n) is 6.21. The van der Waals surface area contributed by atoms with Crippen LogP contribution in [-0.4, -0.2) is 32.6 Å². The number of pyridine rings is 1. The van der Waals surface area contributed by atoms with E-state index in [1.165, 1.54) is 30.6 Å². The summed E-state index contributed by atoms with van der Waals surface area (Å²) in [4.78, 5) is 7.26. The van der Waals surface area contributed by atoms with Gasteiger partial charge in [-0.2, -0.15) is 0 Å². The zero-order valence-corrected chi connectivity index (χ0v) is 16.3. The number of halogens is 1. The molecule has 2 aromatic heterocycles. The maximum Gasteiger partial charge on any atom is 0.140 e. The smallest absolute Gasteiger partial charge is 0.140 e. The van der Waals surface area contributed by atoms with E-state index in [-0.39, 0.29) is 0 Å². The molecule has 0 amide bonds. The van der Waals surface area contributed by atoms with E-state index in [1.54, 1.807) is 6.20 Å². The molecule has 2 unspecified atom stereocenters. The fourth-order valence-corrected chi connectivity index (χ4v) is 5.11. The molecule has 3 aromatic rings. The topological polar surface area (TPSA) is 41.3 Å². The first kappa shape index (κ1) is 17.2. The van der Waals surface area contributed by atoms with Crippen molar-refractivity contribution in [3.05, 3.63) is 64.4 Å². The van der Waals surface area contributed by atoms with Gasteiger partial charge in [-0.25, -0.2) is 4.98 Å². The predicted molar refractivity (Wildman–Crippen MR) is 108 cm³/mol. The van der Waals surface area contributed by atoms with Gasteiger partial charge in [0.25, 0.3) is 0 Å². The zero-order chi connectivity index (χ0) is 18.6. The second-order valence-electron chi connectivity index (χ2n) is 8.06. The molecule has 2 aliphatic rings. The van der Waals surface area contributed by atoms with Crippen molar-refractivity contribution in [2.45, 2.75) is 44.4 Å². The van der Waals surface area contributed by atoms with Crippen molar-refractivity contribution in [3.8, 4) is 0 Å². The van der Waals surface area contributed by atoms with Crippen LogP contribution in [0.4, 0.5) is 0 Å². The molecule has 140 valence electrons. The number of benzene rings is 1. The Bertz CT molecular complexity index is 996. The molecular formula is C22H24ClN3O. The number of nitrogens with zero attached hydrogens (tertiary/aromatic N) is 3. The van der Waals surface area contributed by atoms with Gasteiger partial charge in [-0.1, -0.05) is 41.9 Å². The van der Waals surface area contributed by atoms with E-state index >= 15 is 0 Å². The Balaban J connectivity index is 1.67. The Hall–Kier alpha value is -1.88. The van der Waals surface area contributed by atoms with Crippen LogP contribution in [0.15, 0.2) is 42.6 Å². The van der Waals surface area contributed by atoms with E-state index in [1.807, 2.05) is 37.3 Å². The van der Waals surface area contributed by atoms with Gasteiger partial charge >= 0.3 is 0 Å². The van der Waals surface area contributed by atoms with Crippen LogP contribution in [0.25, 0.3) is 11.0 Å². The molecule has 2 atom stereocenters. The lowest BCUT2D eigenvalue weighted by molar-refractivity contribution is 0.0382. The summed E-state index contributed by atoms with van der Waals surface area (Å²) < 4.78 is 2.24. The molecule has 0 bridgehead atoms. The lowest BCUT2D eigenvalue weighted by Crippen LogP contribution is -2.33. The molecule has 1 N–H and O–H groups in total. The minimum Gasteiger partial charge on any atom is -0.384 e. The van der Waals surface area contributed by atoms with Gasteiger partial charge in [0.05, 0.1) is 11.6 Å². The number of hydrogen-bond donors (Lipinski definition) is 1. The molecule has 0 radical (unpaired) electrons. The van der Waals surface area contributed by atoms with Crippen LogP contribution in [0.3, 0.4) is 0 Å². The summed E-state index contributed by atoms with van der Waals surface area (Å²) in [5, 5.41) is 13.1. The van der Waals surface area contributed by atoms with E-state index in [9.17, 15) is 5.11 Å². The monoisotopic (exact) mass is 381 g/mol. The summed E-state index contributed by atoms with van der Waals surface area (Å²) in [5.41, 5.74) is 3.60. The molecule has 4 nitrogen and oxygen atoms in total. The number of aromatic nitrogens is 2. The van der Waals surface area contributed by atoms with E-state index in [0.717, 1.165) is 29.6 Å². The highest BCUT2D eigenvalue weighted by molar-refractivity contribution is 6.31. The molecule has 0 saturated carbocycles. The van der Waals surface area contributed by atoms with Crippen LogP contribution in [0, 0.1) is 0 Å². The lowest BCUT2D eigenvalue weighted by atomic mass is 9.94. The molecule has 1 aromatic carbocycles. The predicted octanol–water partition coefficient (Wildman–Crippen LogP) is 4.29. The van der Waals surface area contributed by atoms with Gasteiger partial charge in [0.2, 0.25) is 0 Å². The molecule has 1 fully saturated rings. The first-order valence-corrected chi connectivity index (χ1v) is 10.1. The highest BCUT2D eigenvalue weighted by Gasteiger charge is 2.37. The van der Waals surface area contributed by atoms with Crippen LogP contribution in [0.5, 0.6) is 0 Å². The van der Waals surface area contributed by atoms with Gasteiger partial charge in [-0.3, -0.25) is 4.90 Å². The molecule has 2 aliphatic heterocycles. The summed E-state index contributed by atoms with van der Waals surface area (Å²) in [7, 11) is 0. The minimum atomic E-state index is -0.963. The highest BCUT2D eigenvalue weighted by atomic mass is 35.5. The van der Waals surface area contributed by atoms with Gasteiger partial charge in [-0.15, -0.1) is 0 Å². The van der Waals surface area contributed by atoms with Gasteiger partial charge in [0, 0.05) is 36.3 Å². The molecule has 1 saturated heterocycles. The summed E-state index contributed by atoms with van der Waals surface area (Å²) in [5.74, 6) is 0. The Morgan fingerprint density at radius 2 is 2.07 bits per heavy atom. The molecule has 4 heterocycles. The SMILES string of the molecule is CC(O)(Cn1c2c(c3cc(Cl)cnc31)C1CCCN1CC2)c1ccccc1. The second-order valence-corrected chi connectivity index (χ2v) is 8.49. The van der Waals surface area contributed by atoms with Crippen molar-refractivity contribution < 1.29 is 5.11 Å². The van der Waals surface area contributed by atoms with E-state index in [4.69, 9.17) is 11.6 Å². The molecule has 27 heavy (non-hydrogen) atoms. The van der Waals surface area contributed by atoms with Crippen LogP contribution >= 0.6 is 11.6 Å². The van der Waals surface area contributed by atoms with Gasteiger partial charge in [-0.05, 0) is 43.5 Å². The first-order chi connectivity index (χ1) is 13.0. The Labute approximate surface area is 164 Å². The fraction of sp³-hybridized carbons (Fsp3) is 0.409. The third kappa shape index (κ3) is 2.78. The van der Waals surface area contributed by atoms with Crippen molar-refractivity contribution in [2.75, 3.05) is 13.1 Å². The van der Waals surface area contributed by atoms with Crippen LogP contribution in [0.2, 0.25) is 5.02 Å². The molecule has 0 spiro atoms. The summed E-state index contributed by atoms with van der Waals surface area (Å²) in [6.07, 6.45) is 5.14. The molecular weight excluding hydrogens is 358 g/mol. The van der Waals surface area contributed by atoms with Crippen molar-refractivity contribution >= 4 is 22.6 Å². The van der Waals surface area contributed by atoms with Crippen molar-refractivity contribution in [1.82, 2.24) is 14.5 Å². The minimum absolute atomic E-state index is 0.458. The second kappa shape index (κ2) is 6.33. The highest BCUT2D eigenvalue weighted by Crippen LogP contribution is 2.43. The molecule has 0 aliphatic carbocycles. The Morgan fingerprint density at radius 1 is 1.26 bits per heavy atom. The quantitative estimate of drug-likeness (QED) is 0.735. The number of fused-ring (bicyclic) bond motifs is 5. The normalized spacial score (nSPS) is 21.8. The number of aliphatic hydroxyl groups is 1. The maximum absolute atomic E-state index is 11.3. The zero-order valence-electron chi connectivity index (χ0n) is 15.5. The van der Waals surface area contributed by atoms with Gasteiger partial charge in [0.1, 0.15) is 11.2 Å². The van der Waals surface area contributed by atoms with Crippen molar-refractivity contribution in [3.63, 3.8) is 0 Å². The standard InChI is InChI=1S/C22H24ClN3O/c1-22(27,15-6-3-2-4-7-15)14-26-19-9-11-25-10-5-8-18(25)20(19)17-12-16(23)13-24-21(17)26/h2-4,6-7,12-13,18,27H,5,8-11,14H2,1H3. The van der Waals surface area contributed by atoms with Crippen LogP contribution in [0.1, 0.15) is 42.6 Å². The van der Waals surface area contributed by atoms with E-state index in [0.29, 0.717) is 17.6 Å². The molecule has 5 heteroatoms. The van der Waals surface area contributed by atoms with Gasteiger partial charge in [0.15, 0.2) is 0 Å². The average Bonchev–Trinajstić information content (AvgIpc) is 3.25. The van der Waals surface area contributed by atoms with Crippen molar-refractivity contribution in [2.24, 2.45) is 0 Å². The first-order valence-electron chi connectivity index (χ1n) is 9.73. The number of hydrogen-bond acceptors (Lipinski definition) is 3. The average molecular weight is 382 g/mol. The summed E-state index contributed by atoms with van der Waals surface area (Å²) in [6.45, 7) is 4.63. The van der Waals surface area contributed by atoms with Crippen LogP contribution < -0.4 is 0 Å². The summed E-state index contributed by atoms with van der Waals surface area (Å²) >= 11 is 6.31. The maximum atomic E-state index is 11.3. The van der Waals surface area contributed by atoms with Gasteiger partial charge < -0.3 is 9.67 Å². The number of rotatable bonds is 3. The fourth-order valence-electron chi connectivity index (χ4n) is 4.95. The Kier molecular flexibility index (Phi) is 4.04. The van der Waals surface area contributed by atoms with Crippen molar-refractivity contribution in [1.29, 1.82) is 0 Å².